The second-order valence-corrected chi connectivity index (χ2v) is 4.39. The van der Waals surface area contributed by atoms with Crippen LogP contribution < -0.4 is 9.47 Å². The highest BCUT2D eigenvalue weighted by molar-refractivity contribution is 6.30. The molecule has 2 rings (SSSR count). The number of aryl methyl sites for hydroxylation is 1. The van der Waals surface area contributed by atoms with Gasteiger partial charge in [0.15, 0.2) is 11.5 Å². The fourth-order valence-electron chi connectivity index (χ4n) is 1.64. The molecule has 0 aliphatic rings. The molecule has 0 amide bonds. The highest BCUT2D eigenvalue weighted by Crippen LogP contribution is 2.33. The fourth-order valence-corrected chi connectivity index (χ4v) is 1.76. The molecule has 5 heteroatoms. The maximum atomic E-state index is 5.94. The van der Waals surface area contributed by atoms with Crippen LogP contribution in [0.15, 0.2) is 24.5 Å². The molecule has 0 atom stereocenters. The molecule has 19 heavy (non-hydrogen) atoms. The lowest BCUT2D eigenvalue weighted by Crippen LogP contribution is -1.96. The van der Waals surface area contributed by atoms with Gasteiger partial charge < -0.3 is 9.47 Å². The van der Waals surface area contributed by atoms with E-state index in [9.17, 15) is 0 Å². The summed E-state index contributed by atoms with van der Waals surface area (Å²) in [6.45, 7) is 3.90. The second kappa shape index (κ2) is 5.89. The largest absolute Gasteiger partial charge is 0.493 e. The van der Waals surface area contributed by atoms with Gasteiger partial charge in [-0.15, -0.1) is 0 Å². The molecular weight excluding hydrogens is 264 g/mol. The van der Waals surface area contributed by atoms with Crippen LogP contribution in [0.4, 0.5) is 0 Å². The van der Waals surface area contributed by atoms with Gasteiger partial charge in [-0.05, 0) is 31.0 Å². The van der Waals surface area contributed by atoms with Crippen molar-refractivity contribution in [2.75, 3.05) is 7.11 Å². The number of rotatable bonds is 4. The summed E-state index contributed by atoms with van der Waals surface area (Å²) in [5.41, 5.74) is 1.88. The third kappa shape index (κ3) is 2.96. The van der Waals surface area contributed by atoms with Gasteiger partial charge in [-0.3, -0.25) is 0 Å². The van der Waals surface area contributed by atoms with Gasteiger partial charge in [0.25, 0.3) is 0 Å². The fraction of sp³-hybridized carbons (Fsp3) is 0.286. The average Bonchev–Trinajstić information content (AvgIpc) is 2.44. The van der Waals surface area contributed by atoms with E-state index in [4.69, 9.17) is 21.1 Å². The van der Waals surface area contributed by atoms with Crippen molar-refractivity contribution in [3.05, 3.63) is 40.8 Å². The van der Waals surface area contributed by atoms with Crippen molar-refractivity contribution in [1.82, 2.24) is 9.97 Å². The topological polar surface area (TPSA) is 44.2 Å². The number of methoxy groups -OCH3 is 1. The maximum absolute atomic E-state index is 5.94. The summed E-state index contributed by atoms with van der Waals surface area (Å²) in [6, 6.07) is 5.82. The Morgan fingerprint density at radius 3 is 2.68 bits per heavy atom. The third-order valence-corrected chi connectivity index (χ3v) is 3.20. The number of benzene rings is 1. The smallest absolute Gasteiger partial charge is 0.226 e. The minimum Gasteiger partial charge on any atom is -0.493 e. The van der Waals surface area contributed by atoms with E-state index in [1.54, 1.807) is 7.11 Å². The molecule has 0 aliphatic heterocycles. The van der Waals surface area contributed by atoms with Gasteiger partial charge in [0.05, 0.1) is 7.11 Å². The Kier molecular flexibility index (Phi) is 4.22. The van der Waals surface area contributed by atoms with E-state index in [2.05, 4.69) is 16.9 Å². The van der Waals surface area contributed by atoms with Crippen LogP contribution in [0.3, 0.4) is 0 Å². The molecule has 1 aromatic carbocycles. The summed E-state index contributed by atoms with van der Waals surface area (Å²) >= 11 is 5.94. The number of nitrogens with zero attached hydrogens (tertiary/aromatic N) is 2. The molecule has 2 aromatic rings. The predicted molar refractivity (Wildman–Crippen MR) is 74.2 cm³/mol. The van der Waals surface area contributed by atoms with Crippen molar-refractivity contribution in [2.24, 2.45) is 0 Å². The van der Waals surface area contributed by atoms with Crippen molar-refractivity contribution in [1.29, 1.82) is 0 Å². The lowest BCUT2D eigenvalue weighted by molar-refractivity contribution is 0.372. The molecule has 0 fully saturated rings. The number of halogens is 1. The van der Waals surface area contributed by atoms with Crippen LogP contribution in [0.1, 0.15) is 18.1 Å². The minimum atomic E-state index is 0.383. The first kappa shape index (κ1) is 13.6. The van der Waals surface area contributed by atoms with E-state index < -0.39 is 0 Å². The zero-order valence-electron chi connectivity index (χ0n) is 11.1. The number of ether oxygens (including phenoxy) is 2. The molecular formula is C14H15ClN2O2. The van der Waals surface area contributed by atoms with Crippen molar-refractivity contribution in [3.8, 4) is 17.4 Å². The normalized spacial score (nSPS) is 10.3. The average molecular weight is 279 g/mol. The molecule has 0 bridgehead atoms. The quantitative estimate of drug-likeness (QED) is 0.798. The van der Waals surface area contributed by atoms with Crippen LogP contribution >= 0.6 is 11.6 Å². The Bertz CT molecular complexity index is 588. The van der Waals surface area contributed by atoms with Crippen molar-refractivity contribution in [3.63, 3.8) is 0 Å². The summed E-state index contributed by atoms with van der Waals surface area (Å²) < 4.78 is 11.1. The van der Waals surface area contributed by atoms with E-state index in [0.29, 0.717) is 28.1 Å². The van der Waals surface area contributed by atoms with Crippen molar-refractivity contribution < 1.29 is 9.47 Å². The van der Waals surface area contributed by atoms with Crippen LogP contribution in [0, 0.1) is 6.92 Å². The van der Waals surface area contributed by atoms with Gasteiger partial charge in [0, 0.05) is 5.56 Å². The van der Waals surface area contributed by atoms with E-state index in [1.807, 2.05) is 25.1 Å². The summed E-state index contributed by atoms with van der Waals surface area (Å²) in [4.78, 5) is 7.97. The van der Waals surface area contributed by atoms with Crippen LogP contribution in [0.25, 0.3) is 0 Å². The molecule has 0 radical (unpaired) electrons. The number of hydrogen-bond acceptors (Lipinski definition) is 4. The molecule has 0 saturated carbocycles. The van der Waals surface area contributed by atoms with Gasteiger partial charge in [-0.2, -0.15) is 0 Å². The van der Waals surface area contributed by atoms with E-state index in [-0.39, 0.29) is 0 Å². The van der Waals surface area contributed by atoms with Gasteiger partial charge in [-0.1, -0.05) is 24.6 Å². The van der Waals surface area contributed by atoms with Crippen LogP contribution in [-0.4, -0.2) is 17.1 Å². The second-order valence-electron chi connectivity index (χ2n) is 4.04. The predicted octanol–water partition coefficient (Wildman–Crippen LogP) is 3.80. The monoisotopic (exact) mass is 278 g/mol. The molecule has 0 N–H and O–H groups in total. The maximum Gasteiger partial charge on any atom is 0.226 e. The van der Waals surface area contributed by atoms with E-state index in [0.717, 1.165) is 6.42 Å². The van der Waals surface area contributed by atoms with Crippen LogP contribution in [0.2, 0.25) is 5.15 Å². The lowest BCUT2D eigenvalue weighted by Gasteiger charge is -2.12. The highest BCUT2D eigenvalue weighted by atomic mass is 35.5. The van der Waals surface area contributed by atoms with Gasteiger partial charge >= 0.3 is 0 Å². The molecule has 4 nitrogen and oxygen atoms in total. The molecule has 1 heterocycles. The highest BCUT2D eigenvalue weighted by Gasteiger charge is 2.11. The van der Waals surface area contributed by atoms with Crippen molar-refractivity contribution >= 4 is 11.6 Å². The zero-order chi connectivity index (χ0) is 13.8. The Hall–Kier alpha value is -1.81. The molecule has 1 aromatic heterocycles. The summed E-state index contributed by atoms with van der Waals surface area (Å²) in [6.07, 6.45) is 2.31. The van der Waals surface area contributed by atoms with Crippen LogP contribution in [-0.2, 0) is 6.42 Å². The minimum absolute atomic E-state index is 0.383. The van der Waals surface area contributed by atoms with Gasteiger partial charge in [0.1, 0.15) is 11.5 Å². The van der Waals surface area contributed by atoms with Gasteiger partial charge in [0.2, 0.25) is 5.88 Å². The number of hydrogen-bond donors (Lipinski definition) is 0. The summed E-state index contributed by atoms with van der Waals surface area (Å²) in [7, 11) is 1.61. The Balaban J connectivity index is 2.35. The first-order chi connectivity index (χ1) is 9.15. The zero-order valence-corrected chi connectivity index (χ0v) is 11.9. The first-order valence-corrected chi connectivity index (χ1v) is 6.35. The van der Waals surface area contributed by atoms with Gasteiger partial charge in [-0.25, -0.2) is 9.97 Å². The summed E-state index contributed by atoms with van der Waals surface area (Å²) in [5, 5.41) is 0.383. The Morgan fingerprint density at radius 2 is 2.00 bits per heavy atom. The molecule has 0 unspecified atom stereocenters. The SMILES string of the molecule is CCc1ccc(Oc2ncnc(Cl)c2C)c(OC)c1. The third-order valence-electron chi connectivity index (χ3n) is 2.82. The molecule has 0 aliphatic carbocycles. The molecule has 0 saturated heterocycles. The van der Waals surface area contributed by atoms with Crippen molar-refractivity contribution in [2.45, 2.75) is 20.3 Å². The van der Waals surface area contributed by atoms with E-state index in [1.165, 1.54) is 11.9 Å². The standard InChI is InChI=1S/C14H15ClN2O2/c1-4-10-5-6-11(12(7-10)18-3)19-14-9(2)13(15)16-8-17-14/h5-8H,4H2,1-3H3. The number of aromatic nitrogens is 2. The Morgan fingerprint density at radius 1 is 1.21 bits per heavy atom. The first-order valence-electron chi connectivity index (χ1n) is 5.97. The lowest BCUT2D eigenvalue weighted by atomic mass is 10.1. The summed E-state index contributed by atoms with van der Waals surface area (Å²) in [5.74, 6) is 1.72. The van der Waals surface area contributed by atoms with E-state index >= 15 is 0 Å². The molecule has 0 spiro atoms. The molecule has 100 valence electrons. The Labute approximate surface area is 117 Å². The van der Waals surface area contributed by atoms with Crippen LogP contribution in [0.5, 0.6) is 17.4 Å².